The summed E-state index contributed by atoms with van der Waals surface area (Å²) in [5, 5.41) is 3.28. The summed E-state index contributed by atoms with van der Waals surface area (Å²) in [6.45, 7) is 2.24. The van der Waals surface area contributed by atoms with Crippen LogP contribution in [0.15, 0.2) is 18.5 Å². The number of aromatic nitrogens is 1. The van der Waals surface area contributed by atoms with E-state index in [9.17, 15) is 4.39 Å². The molecule has 1 fully saturated rings. The van der Waals surface area contributed by atoms with Gasteiger partial charge in [-0.3, -0.25) is 4.98 Å². The maximum absolute atomic E-state index is 13.8. The Morgan fingerprint density at radius 2 is 2.35 bits per heavy atom. The lowest BCUT2D eigenvalue weighted by Gasteiger charge is -2.24. The maximum atomic E-state index is 13.8. The minimum absolute atomic E-state index is 0.134. The van der Waals surface area contributed by atoms with Crippen molar-refractivity contribution in [3.8, 4) is 0 Å². The van der Waals surface area contributed by atoms with Gasteiger partial charge in [0.15, 0.2) is 0 Å². The molecule has 94 valence electrons. The lowest BCUT2D eigenvalue weighted by Crippen LogP contribution is -2.25. The molecule has 0 radical (unpaired) electrons. The van der Waals surface area contributed by atoms with Gasteiger partial charge in [-0.05, 0) is 37.8 Å². The van der Waals surface area contributed by atoms with E-state index in [2.05, 4.69) is 17.2 Å². The molecule has 1 heterocycles. The Kier molecular flexibility index (Phi) is 4.11. The van der Waals surface area contributed by atoms with Gasteiger partial charge < -0.3 is 5.32 Å². The van der Waals surface area contributed by atoms with Gasteiger partial charge in [0.2, 0.25) is 0 Å². The Morgan fingerprint density at radius 1 is 1.53 bits per heavy atom. The van der Waals surface area contributed by atoms with Crippen LogP contribution in [0.2, 0.25) is 0 Å². The van der Waals surface area contributed by atoms with Gasteiger partial charge in [-0.15, -0.1) is 0 Å². The molecular formula is C14H21FN2. The van der Waals surface area contributed by atoms with Crippen molar-refractivity contribution in [1.29, 1.82) is 0 Å². The highest BCUT2D eigenvalue weighted by molar-refractivity contribution is 5.18. The number of nitrogens with zero attached hydrogens (tertiary/aromatic N) is 1. The average molecular weight is 236 g/mol. The molecule has 3 heteroatoms. The minimum Gasteiger partial charge on any atom is -0.313 e. The van der Waals surface area contributed by atoms with Gasteiger partial charge in [0.05, 0.1) is 6.20 Å². The predicted octanol–water partition coefficient (Wildman–Crippen LogP) is 3.31. The van der Waals surface area contributed by atoms with Crippen molar-refractivity contribution in [2.45, 2.75) is 38.6 Å². The zero-order valence-electron chi connectivity index (χ0n) is 10.6. The highest BCUT2D eigenvalue weighted by atomic mass is 19.1. The lowest BCUT2D eigenvalue weighted by atomic mass is 9.91. The van der Waals surface area contributed by atoms with Crippen LogP contribution in [0.25, 0.3) is 0 Å². The van der Waals surface area contributed by atoms with Crippen LogP contribution in [0.3, 0.4) is 0 Å². The zero-order chi connectivity index (χ0) is 12.3. The number of pyridine rings is 1. The van der Waals surface area contributed by atoms with E-state index in [1.165, 1.54) is 31.9 Å². The predicted molar refractivity (Wildman–Crippen MR) is 67.1 cm³/mol. The van der Waals surface area contributed by atoms with Crippen molar-refractivity contribution in [2.75, 3.05) is 7.05 Å². The fraction of sp³-hybridized carbons (Fsp3) is 0.643. The topological polar surface area (TPSA) is 24.9 Å². The number of hydrogen-bond donors (Lipinski definition) is 1. The molecule has 3 unspecified atom stereocenters. The molecule has 1 aromatic rings. The molecular weight excluding hydrogens is 215 g/mol. The molecule has 0 amide bonds. The van der Waals surface area contributed by atoms with Crippen molar-refractivity contribution >= 4 is 0 Å². The first-order chi connectivity index (χ1) is 8.26. The second kappa shape index (κ2) is 5.58. The van der Waals surface area contributed by atoms with E-state index < -0.39 is 0 Å². The number of hydrogen-bond acceptors (Lipinski definition) is 2. The molecule has 1 N–H and O–H groups in total. The van der Waals surface area contributed by atoms with E-state index in [-0.39, 0.29) is 11.9 Å². The third-order valence-electron chi connectivity index (χ3n) is 4.08. The Labute approximate surface area is 103 Å². The summed E-state index contributed by atoms with van der Waals surface area (Å²) in [6.07, 6.45) is 7.92. The SMILES string of the molecule is CCC1CCC(C(NC)c2ccncc2F)C1. The first-order valence-corrected chi connectivity index (χ1v) is 6.53. The number of rotatable bonds is 4. The molecule has 1 aromatic heterocycles. The van der Waals surface area contributed by atoms with Crippen molar-refractivity contribution < 1.29 is 4.39 Å². The van der Waals surface area contributed by atoms with E-state index in [4.69, 9.17) is 0 Å². The highest BCUT2D eigenvalue weighted by Gasteiger charge is 2.31. The second-order valence-corrected chi connectivity index (χ2v) is 5.01. The van der Waals surface area contributed by atoms with Crippen molar-refractivity contribution in [3.05, 3.63) is 29.8 Å². The molecule has 0 saturated heterocycles. The molecule has 17 heavy (non-hydrogen) atoms. The van der Waals surface area contributed by atoms with Crippen LogP contribution in [-0.4, -0.2) is 12.0 Å². The summed E-state index contributed by atoms with van der Waals surface area (Å²) in [6, 6.07) is 1.94. The first-order valence-electron chi connectivity index (χ1n) is 6.53. The molecule has 1 saturated carbocycles. The van der Waals surface area contributed by atoms with Crippen LogP contribution in [0.5, 0.6) is 0 Å². The number of halogens is 1. The summed E-state index contributed by atoms with van der Waals surface area (Å²) < 4.78 is 13.8. The van der Waals surface area contributed by atoms with E-state index >= 15 is 0 Å². The van der Waals surface area contributed by atoms with Crippen LogP contribution < -0.4 is 5.32 Å². The van der Waals surface area contributed by atoms with Gasteiger partial charge in [0.25, 0.3) is 0 Å². The molecule has 0 aromatic carbocycles. The monoisotopic (exact) mass is 236 g/mol. The van der Waals surface area contributed by atoms with Crippen LogP contribution in [0, 0.1) is 17.7 Å². The zero-order valence-corrected chi connectivity index (χ0v) is 10.6. The fourth-order valence-electron chi connectivity index (χ4n) is 3.07. The summed E-state index contributed by atoms with van der Waals surface area (Å²) in [5.74, 6) is 1.19. The van der Waals surface area contributed by atoms with E-state index in [1.807, 2.05) is 7.05 Å². The lowest BCUT2D eigenvalue weighted by molar-refractivity contribution is 0.362. The second-order valence-electron chi connectivity index (χ2n) is 5.01. The third-order valence-corrected chi connectivity index (χ3v) is 4.08. The molecule has 0 aliphatic heterocycles. The molecule has 0 spiro atoms. The summed E-state index contributed by atoms with van der Waals surface area (Å²) >= 11 is 0. The van der Waals surface area contributed by atoms with Crippen molar-refractivity contribution in [2.24, 2.45) is 11.8 Å². The van der Waals surface area contributed by atoms with Gasteiger partial charge in [-0.1, -0.05) is 19.8 Å². The van der Waals surface area contributed by atoms with Gasteiger partial charge >= 0.3 is 0 Å². The Morgan fingerprint density at radius 3 is 2.94 bits per heavy atom. The summed E-state index contributed by atoms with van der Waals surface area (Å²) in [4.78, 5) is 3.82. The van der Waals surface area contributed by atoms with Gasteiger partial charge in [0, 0.05) is 17.8 Å². The molecule has 2 rings (SSSR count). The van der Waals surface area contributed by atoms with Crippen LogP contribution in [0.4, 0.5) is 4.39 Å². The molecule has 1 aliphatic carbocycles. The van der Waals surface area contributed by atoms with Crippen LogP contribution >= 0.6 is 0 Å². The minimum atomic E-state index is -0.188. The first kappa shape index (κ1) is 12.5. The van der Waals surface area contributed by atoms with Crippen molar-refractivity contribution in [3.63, 3.8) is 0 Å². The van der Waals surface area contributed by atoms with Gasteiger partial charge in [-0.25, -0.2) is 4.39 Å². The van der Waals surface area contributed by atoms with Gasteiger partial charge in [0.1, 0.15) is 5.82 Å². The smallest absolute Gasteiger partial charge is 0.146 e. The molecule has 1 aliphatic rings. The van der Waals surface area contributed by atoms with Crippen LogP contribution in [-0.2, 0) is 0 Å². The Hall–Kier alpha value is -0.960. The molecule has 3 atom stereocenters. The van der Waals surface area contributed by atoms with E-state index in [0.717, 1.165) is 11.5 Å². The maximum Gasteiger partial charge on any atom is 0.146 e. The van der Waals surface area contributed by atoms with Crippen molar-refractivity contribution in [1.82, 2.24) is 10.3 Å². The quantitative estimate of drug-likeness (QED) is 0.867. The standard InChI is InChI=1S/C14H21FN2/c1-3-10-4-5-11(8-10)14(16-2)12-6-7-17-9-13(12)15/h6-7,9-11,14,16H,3-5,8H2,1-2H3. The molecule has 2 nitrogen and oxygen atoms in total. The third kappa shape index (κ3) is 2.65. The largest absolute Gasteiger partial charge is 0.313 e. The van der Waals surface area contributed by atoms with Gasteiger partial charge in [-0.2, -0.15) is 0 Å². The van der Waals surface area contributed by atoms with E-state index in [0.29, 0.717) is 5.92 Å². The van der Waals surface area contributed by atoms with Crippen LogP contribution in [0.1, 0.15) is 44.2 Å². The summed E-state index contributed by atoms with van der Waals surface area (Å²) in [7, 11) is 1.92. The Bertz CT molecular complexity index is 367. The Balaban J connectivity index is 2.15. The molecule has 0 bridgehead atoms. The van der Waals surface area contributed by atoms with E-state index in [1.54, 1.807) is 12.3 Å². The fourth-order valence-corrected chi connectivity index (χ4v) is 3.07. The normalized spacial score (nSPS) is 26.1. The summed E-state index contributed by atoms with van der Waals surface area (Å²) in [5.41, 5.74) is 0.768. The highest BCUT2D eigenvalue weighted by Crippen LogP contribution is 2.40. The number of nitrogens with one attached hydrogen (secondary N) is 1. The average Bonchev–Trinajstić information content (AvgIpc) is 2.81.